The van der Waals surface area contributed by atoms with Crippen molar-refractivity contribution in [1.29, 1.82) is 0 Å². The minimum absolute atomic E-state index is 0.190. The van der Waals surface area contributed by atoms with Crippen molar-refractivity contribution in [3.63, 3.8) is 0 Å². The highest BCUT2D eigenvalue weighted by atomic mass is 16.2. The molecule has 4 nitrogen and oxygen atoms in total. The predicted octanol–water partition coefficient (Wildman–Crippen LogP) is 2.34. The number of aromatic nitrogens is 3. The number of aliphatic hydroxyl groups excluding tert-OH is 1. The summed E-state index contributed by atoms with van der Waals surface area (Å²) in [6, 6.07) is 19.8. The fourth-order valence-corrected chi connectivity index (χ4v) is 2.22. The highest BCUT2D eigenvalue weighted by Gasteiger charge is 2.13. The van der Waals surface area contributed by atoms with E-state index in [0.717, 1.165) is 16.8 Å². The second-order valence-electron chi connectivity index (χ2n) is 4.76. The third-order valence-electron chi connectivity index (χ3n) is 3.24. The first-order valence-corrected chi connectivity index (χ1v) is 7.01. The summed E-state index contributed by atoms with van der Waals surface area (Å²) in [7, 11) is 0. The molecule has 0 amide bonds. The summed E-state index contributed by atoms with van der Waals surface area (Å²) < 4.78 is 1.76. The minimum atomic E-state index is -0.190. The SMILES string of the molecule is OCC#Cc1c(-c2ccccc2)nnn1Cc1ccccc1. The molecule has 3 rings (SSSR count). The lowest BCUT2D eigenvalue weighted by Gasteiger charge is -2.03. The second-order valence-corrected chi connectivity index (χ2v) is 4.76. The molecule has 22 heavy (non-hydrogen) atoms. The van der Waals surface area contributed by atoms with Crippen LogP contribution >= 0.6 is 0 Å². The minimum Gasteiger partial charge on any atom is -0.384 e. The monoisotopic (exact) mass is 289 g/mol. The van der Waals surface area contributed by atoms with Crippen LogP contribution in [0.5, 0.6) is 0 Å². The molecule has 1 aromatic heterocycles. The van der Waals surface area contributed by atoms with E-state index in [4.69, 9.17) is 5.11 Å². The number of aliphatic hydroxyl groups is 1. The van der Waals surface area contributed by atoms with E-state index in [9.17, 15) is 0 Å². The topological polar surface area (TPSA) is 50.9 Å². The van der Waals surface area contributed by atoms with E-state index in [0.29, 0.717) is 12.2 Å². The van der Waals surface area contributed by atoms with E-state index >= 15 is 0 Å². The van der Waals surface area contributed by atoms with Gasteiger partial charge in [0.05, 0.1) is 6.54 Å². The van der Waals surface area contributed by atoms with Crippen LogP contribution in [0.4, 0.5) is 0 Å². The Hall–Kier alpha value is -2.90. The highest BCUT2D eigenvalue weighted by Crippen LogP contribution is 2.20. The van der Waals surface area contributed by atoms with E-state index < -0.39 is 0 Å². The van der Waals surface area contributed by atoms with Crippen molar-refractivity contribution >= 4 is 0 Å². The third kappa shape index (κ3) is 3.05. The van der Waals surface area contributed by atoms with Crippen molar-refractivity contribution in [3.05, 3.63) is 71.9 Å². The van der Waals surface area contributed by atoms with Gasteiger partial charge in [0.25, 0.3) is 0 Å². The van der Waals surface area contributed by atoms with E-state index in [2.05, 4.69) is 22.2 Å². The summed E-state index contributed by atoms with van der Waals surface area (Å²) >= 11 is 0. The Balaban J connectivity index is 2.02. The van der Waals surface area contributed by atoms with Gasteiger partial charge in [-0.2, -0.15) is 0 Å². The van der Waals surface area contributed by atoms with Crippen LogP contribution in [0.2, 0.25) is 0 Å². The van der Waals surface area contributed by atoms with Gasteiger partial charge in [0, 0.05) is 5.56 Å². The quantitative estimate of drug-likeness (QED) is 0.753. The molecule has 1 N–H and O–H groups in total. The van der Waals surface area contributed by atoms with Gasteiger partial charge in [-0.1, -0.05) is 71.8 Å². The molecule has 0 saturated heterocycles. The van der Waals surface area contributed by atoms with Crippen molar-refractivity contribution < 1.29 is 5.11 Å². The number of hydrogen-bond donors (Lipinski definition) is 1. The van der Waals surface area contributed by atoms with Gasteiger partial charge in [-0.15, -0.1) is 5.10 Å². The molecule has 3 aromatic rings. The third-order valence-corrected chi connectivity index (χ3v) is 3.24. The van der Waals surface area contributed by atoms with Crippen LogP contribution < -0.4 is 0 Å². The van der Waals surface area contributed by atoms with E-state index in [1.807, 2.05) is 60.7 Å². The molecule has 1 heterocycles. The zero-order valence-electron chi connectivity index (χ0n) is 12.0. The lowest BCUT2D eigenvalue weighted by atomic mass is 10.1. The zero-order valence-corrected chi connectivity index (χ0v) is 12.0. The zero-order chi connectivity index (χ0) is 15.2. The Morgan fingerprint density at radius 2 is 1.64 bits per heavy atom. The summed E-state index contributed by atoms with van der Waals surface area (Å²) in [5.41, 5.74) is 3.53. The fourth-order valence-electron chi connectivity index (χ4n) is 2.22. The van der Waals surface area contributed by atoms with Crippen LogP contribution in [0, 0.1) is 11.8 Å². The van der Waals surface area contributed by atoms with Crippen molar-refractivity contribution in [2.75, 3.05) is 6.61 Å². The van der Waals surface area contributed by atoms with Crippen LogP contribution in [0.1, 0.15) is 11.3 Å². The van der Waals surface area contributed by atoms with Crippen LogP contribution in [0.15, 0.2) is 60.7 Å². The molecule has 108 valence electrons. The molecular formula is C18H15N3O. The van der Waals surface area contributed by atoms with E-state index in [1.165, 1.54) is 0 Å². The smallest absolute Gasteiger partial charge is 0.139 e. The highest BCUT2D eigenvalue weighted by molar-refractivity contribution is 5.65. The maximum absolute atomic E-state index is 8.98. The Morgan fingerprint density at radius 3 is 2.32 bits per heavy atom. The number of nitrogens with zero attached hydrogens (tertiary/aromatic N) is 3. The van der Waals surface area contributed by atoms with Crippen molar-refractivity contribution in [3.8, 4) is 23.1 Å². The summed E-state index contributed by atoms with van der Waals surface area (Å²) in [5.74, 6) is 5.66. The van der Waals surface area contributed by atoms with Gasteiger partial charge in [-0.3, -0.25) is 0 Å². The Labute approximate surface area is 129 Å². The summed E-state index contributed by atoms with van der Waals surface area (Å²) in [6.45, 7) is 0.404. The Kier molecular flexibility index (Phi) is 4.28. The van der Waals surface area contributed by atoms with Crippen LogP contribution in [0.3, 0.4) is 0 Å². The lowest BCUT2D eigenvalue weighted by Crippen LogP contribution is -2.04. The molecule has 0 fully saturated rings. The normalized spacial score (nSPS) is 10.0. The van der Waals surface area contributed by atoms with Crippen LogP contribution in [-0.4, -0.2) is 26.7 Å². The maximum Gasteiger partial charge on any atom is 0.139 e. The molecule has 0 spiro atoms. The summed E-state index contributed by atoms with van der Waals surface area (Å²) in [5, 5.41) is 17.5. The predicted molar refractivity (Wildman–Crippen MR) is 85.0 cm³/mol. The summed E-state index contributed by atoms with van der Waals surface area (Å²) in [4.78, 5) is 0. The fraction of sp³-hybridized carbons (Fsp3) is 0.111. The lowest BCUT2D eigenvalue weighted by molar-refractivity contribution is 0.350. The van der Waals surface area contributed by atoms with Gasteiger partial charge in [-0.25, -0.2) is 4.68 Å². The first-order chi connectivity index (χ1) is 10.9. The number of benzene rings is 2. The molecular weight excluding hydrogens is 274 g/mol. The average molecular weight is 289 g/mol. The van der Waals surface area contributed by atoms with Gasteiger partial charge in [0.15, 0.2) is 0 Å². The Morgan fingerprint density at radius 1 is 0.955 bits per heavy atom. The largest absolute Gasteiger partial charge is 0.384 e. The molecule has 4 heteroatoms. The van der Waals surface area contributed by atoms with Gasteiger partial charge in [0.1, 0.15) is 18.0 Å². The first-order valence-electron chi connectivity index (χ1n) is 7.01. The van der Waals surface area contributed by atoms with Crippen molar-refractivity contribution in [2.24, 2.45) is 0 Å². The van der Waals surface area contributed by atoms with Gasteiger partial charge >= 0.3 is 0 Å². The molecule has 0 atom stereocenters. The molecule has 0 radical (unpaired) electrons. The maximum atomic E-state index is 8.98. The molecule has 0 unspecified atom stereocenters. The second kappa shape index (κ2) is 6.70. The molecule has 0 aliphatic heterocycles. The average Bonchev–Trinajstić information content (AvgIpc) is 2.97. The van der Waals surface area contributed by atoms with Gasteiger partial charge < -0.3 is 5.11 Å². The summed E-state index contributed by atoms with van der Waals surface area (Å²) in [6.07, 6.45) is 0. The molecule has 2 aromatic carbocycles. The van der Waals surface area contributed by atoms with Gasteiger partial charge in [-0.05, 0) is 11.5 Å². The number of rotatable bonds is 3. The molecule has 0 bridgehead atoms. The number of hydrogen-bond acceptors (Lipinski definition) is 3. The van der Waals surface area contributed by atoms with E-state index in [1.54, 1.807) is 4.68 Å². The molecule has 0 aliphatic carbocycles. The first kappa shape index (κ1) is 14.1. The Bertz CT molecular complexity index is 799. The van der Waals surface area contributed by atoms with Crippen LogP contribution in [-0.2, 0) is 6.54 Å². The molecule has 0 aliphatic rings. The van der Waals surface area contributed by atoms with Crippen molar-refractivity contribution in [2.45, 2.75) is 6.54 Å². The van der Waals surface area contributed by atoms with Crippen LogP contribution in [0.25, 0.3) is 11.3 Å². The van der Waals surface area contributed by atoms with E-state index in [-0.39, 0.29) is 6.61 Å². The molecule has 0 saturated carbocycles. The standard InChI is InChI=1S/C18H15N3O/c22-13-7-12-17-18(16-10-5-2-6-11-16)19-20-21(17)14-15-8-3-1-4-9-15/h1-6,8-11,22H,13-14H2. The van der Waals surface area contributed by atoms with Gasteiger partial charge in [0.2, 0.25) is 0 Å². The van der Waals surface area contributed by atoms with Crippen molar-refractivity contribution in [1.82, 2.24) is 15.0 Å².